The van der Waals surface area contributed by atoms with Gasteiger partial charge < -0.3 is 10.0 Å². The van der Waals surface area contributed by atoms with E-state index < -0.39 is 5.97 Å². The Labute approximate surface area is 165 Å². The van der Waals surface area contributed by atoms with Crippen LogP contribution in [0.5, 0.6) is 0 Å². The van der Waals surface area contributed by atoms with Crippen molar-refractivity contribution >= 4 is 11.9 Å². The minimum Gasteiger partial charge on any atom is -0.480 e. The van der Waals surface area contributed by atoms with Crippen LogP contribution in [-0.4, -0.2) is 77.0 Å². The first-order chi connectivity index (χ1) is 13.2. The molecule has 0 aromatic heterocycles. The van der Waals surface area contributed by atoms with Gasteiger partial charge in [-0.25, -0.2) is 4.39 Å². The second-order valence-corrected chi connectivity index (χ2v) is 8.30. The number of benzene rings is 1. The van der Waals surface area contributed by atoms with Gasteiger partial charge >= 0.3 is 5.97 Å². The standard InChI is InChI=1S/C21H30FN3O3/c1-15-4-5-17(16(2)20(15)22)12-24-11-10-23(3)21(14-24)7-6-18(26)25(9-8-21)13-19(27)28/h4-5H,6-14H2,1-3H3,(H,27,28)/t21-/m0/s1. The number of likely N-dealkylation sites (tertiary alicyclic amines) is 1. The Hall–Kier alpha value is -1.99. The molecule has 6 nitrogen and oxygen atoms in total. The van der Waals surface area contributed by atoms with Gasteiger partial charge in [0.1, 0.15) is 12.4 Å². The SMILES string of the molecule is Cc1ccc(CN2CCN(C)[C@]3(CCC(=O)N(CC(=O)O)CC3)C2)c(C)c1F. The number of nitrogens with zero attached hydrogens (tertiary/aromatic N) is 3. The molecule has 7 heteroatoms. The Morgan fingerprint density at radius 1 is 1.21 bits per heavy atom. The lowest BCUT2D eigenvalue weighted by atomic mass is 9.86. The number of rotatable bonds is 4. The van der Waals surface area contributed by atoms with Gasteiger partial charge in [0.25, 0.3) is 0 Å². The van der Waals surface area contributed by atoms with Crippen molar-refractivity contribution in [3.8, 4) is 0 Å². The monoisotopic (exact) mass is 391 g/mol. The predicted molar refractivity (Wildman–Crippen MR) is 105 cm³/mol. The molecule has 0 bridgehead atoms. The molecule has 0 unspecified atom stereocenters. The van der Waals surface area contributed by atoms with Gasteiger partial charge in [-0.1, -0.05) is 12.1 Å². The molecule has 28 heavy (non-hydrogen) atoms. The lowest BCUT2D eigenvalue weighted by Gasteiger charge is -2.49. The van der Waals surface area contributed by atoms with Crippen LogP contribution in [0.15, 0.2) is 12.1 Å². The lowest BCUT2D eigenvalue weighted by Crippen LogP contribution is -2.60. The van der Waals surface area contributed by atoms with Crippen LogP contribution in [0.3, 0.4) is 0 Å². The first-order valence-corrected chi connectivity index (χ1v) is 9.89. The number of likely N-dealkylation sites (N-methyl/N-ethyl adjacent to an activating group) is 1. The molecule has 0 radical (unpaired) electrons. The third-order valence-corrected chi connectivity index (χ3v) is 6.50. The lowest BCUT2D eigenvalue weighted by molar-refractivity contribution is -0.144. The van der Waals surface area contributed by atoms with Crippen molar-refractivity contribution < 1.29 is 19.1 Å². The molecule has 1 aromatic carbocycles. The summed E-state index contributed by atoms with van der Waals surface area (Å²) in [4.78, 5) is 29.5. The maximum atomic E-state index is 14.3. The fourth-order valence-corrected chi connectivity index (χ4v) is 4.51. The molecule has 1 N–H and O–H groups in total. The summed E-state index contributed by atoms with van der Waals surface area (Å²) in [6.45, 7) is 7.09. The number of hydrogen-bond acceptors (Lipinski definition) is 4. The quantitative estimate of drug-likeness (QED) is 0.851. The summed E-state index contributed by atoms with van der Waals surface area (Å²) in [7, 11) is 2.09. The maximum absolute atomic E-state index is 14.3. The molecule has 1 spiro atoms. The average Bonchev–Trinajstić information content (AvgIpc) is 2.80. The van der Waals surface area contributed by atoms with Crippen LogP contribution in [0.2, 0.25) is 0 Å². The van der Waals surface area contributed by atoms with E-state index in [1.165, 1.54) is 4.90 Å². The van der Waals surface area contributed by atoms with Crippen LogP contribution in [0.4, 0.5) is 4.39 Å². The van der Waals surface area contributed by atoms with E-state index in [2.05, 4.69) is 16.8 Å². The maximum Gasteiger partial charge on any atom is 0.323 e. The van der Waals surface area contributed by atoms with Gasteiger partial charge in [0.2, 0.25) is 5.91 Å². The molecule has 2 aliphatic rings. The van der Waals surface area contributed by atoms with E-state index in [9.17, 15) is 14.0 Å². The Morgan fingerprint density at radius 2 is 1.96 bits per heavy atom. The Bertz CT molecular complexity index is 770. The van der Waals surface area contributed by atoms with Crippen LogP contribution < -0.4 is 0 Å². The van der Waals surface area contributed by atoms with Crippen LogP contribution in [0.25, 0.3) is 0 Å². The molecule has 1 amide bonds. The summed E-state index contributed by atoms with van der Waals surface area (Å²) in [5.41, 5.74) is 2.21. The van der Waals surface area contributed by atoms with Gasteiger partial charge in [-0.15, -0.1) is 0 Å². The third kappa shape index (κ3) is 4.20. The van der Waals surface area contributed by atoms with Crippen molar-refractivity contribution in [2.24, 2.45) is 0 Å². The van der Waals surface area contributed by atoms with E-state index in [1.54, 1.807) is 6.92 Å². The zero-order valence-corrected chi connectivity index (χ0v) is 17.0. The van der Waals surface area contributed by atoms with Gasteiger partial charge in [0, 0.05) is 44.7 Å². The molecule has 2 saturated heterocycles. The number of halogens is 1. The zero-order chi connectivity index (χ0) is 20.5. The van der Waals surface area contributed by atoms with E-state index >= 15 is 0 Å². The minimum atomic E-state index is -0.972. The van der Waals surface area contributed by atoms with Crippen LogP contribution >= 0.6 is 0 Å². The highest BCUT2D eigenvalue weighted by atomic mass is 19.1. The Balaban J connectivity index is 1.74. The van der Waals surface area contributed by atoms with Crippen LogP contribution in [-0.2, 0) is 16.1 Å². The highest BCUT2D eigenvalue weighted by Crippen LogP contribution is 2.33. The van der Waals surface area contributed by atoms with Crippen molar-refractivity contribution in [2.75, 3.05) is 39.8 Å². The molecular weight excluding hydrogens is 361 g/mol. The summed E-state index contributed by atoms with van der Waals surface area (Å²) in [5, 5.41) is 9.06. The van der Waals surface area contributed by atoms with Crippen molar-refractivity contribution in [3.05, 3.63) is 34.6 Å². The molecule has 0 saturated carbocycles. The molecule has 1 atom stereocenters. The molecule has 1 aromatic rings. The first kappa shape index (κ1) is 20.7. The topological polar surface area (TPSA) is 64.1 Å². The van der Waals surface area contributed by atoms with E-state index in [0.29, 0.717) is 30.6 Å². The van der Waals surface area contributed by atoms with Gasteiger partial charge in [-0.05, 0) is 50.4 Å². The molecule has 3 rings (SSSR count). The Kier molecular flexibility index (Phi) is 6.05. The summed E-state index contributed by atoms with van der Waals surface area (Å²) < 4.78 is 14.3. The van der Waals surface area contributed by atoms with Crippen LogP contribution in [0.1, 0.15) is 36.0 Å². The largest absolute Gasteiger partial charge is 0.480 e. The number of piperazine rings is 1. The zero-order valence-electron chi connectivity index (χ0n) is 17.0. The summed E-state index contributed by atoms with van der Waals surface area (Å²) >= 11 is 0. The van der Waals surface area contributed by atoms with E-state index in [-0.39, 0.29) is 23.8 Å². The second-order valence-electron chi connectivity index (χ2n) is 8.30. The highest BCUT2D eigenvalue weighted by Gasteiger charge is 2.42. The second kappa shape index (κ2) is 8.17. The summed E-state index contributed by atoms with van der Waals surface area (Å²) in [5.74, 6) is -1.19. The van der Waals surface area contributed by atoms with Gasteiger partial charge in [0.05, 0.1) is 0 Å². The van der Waals surface area contributed by atoms with Crippen molar-refractivity contribution in [2.45, 2.75) is 45.2 Å². The molecule has 2 heterocycles. The number of amides is 1. The number of carbonyl (C=O) groups is 2. The highest BCUT2D eigenvalue weighted by molar-refractivity contribution is 5.81. The number of carbonyl (C=O) groups excluding carboxylic acids is 1. The molecule has 2 fully saturated rings. The van der Waals surface area contributed by atoms with Crippen molar-refractivity contribution in [1.29, 1.82) is 0 Å². The Morgan fingerprint density at radius 3 is 2.68 bits per heavy atom. The van der Waals surface area contributed by atoms with E-state index in [1.807, 2.05) is 19.1 Å². The molecule has 154 valence electrons. The normalized spacial score (nSPS) is 24.6. The van der Waals surface area contributed by atoms with E-state index in [4.69, 9.17) is 5.11 Å². The number of aryl methyl sites for hydroxylation is 1. The average molecular weight is 391 g/mol. The number of carboxylic acid groups (broad SMARTS) is 1. The summed E-state index contributed by atoms with van der Waals surface area (Å²) in [6, 6.07) is 3.83. The first-order valence-electron chi connectivity index (χ1n) is 9.89. The summed E-state index contributed by atoms with van der Waals surface area (Å²) in [6.07, 6.45) is 1.83. The van der Waals surface area contributed by atoms with Gasteiger partial charge in [0.15, 0.2) is 0 Å². The van der Waals surface area contributed by atoms with Gasteiger partial charge in [-0.3, -0.25) is 19.4 Å². The smallest absolute Gasteiger partial charge is 0.323 e. The molecular formula is C21H30FN3O3. The van der Waals surface area contributed by atoms with Crippen LogP contribution in [0, 0.1) is 19.7 Å². The molecule has 0 aliphatic carbocycles. The van der Waals surface area contributed by atoms with Crippen molar-refractivity contribution in [1.82, 2.24) is 14.7 Å². The van der Waals surface area contributed by atoms with Gasteiger partial charge in [-0.2, -0.15) is 0 Å². The third-order valence-electron chi connectivity index (χ3n) is 6.50. The fourth-order valence-electron chi connectivity index (χ4n) is 4.51. The molecule has 2 aliphatic heterocycles. The predicted octanol–water partition coefficient (Wildman–Crippen LogP) is 2.03. The van der Waals surface area contributed by atoms with Crippen molar-refractivity contribution in [3.63, 3.8) is 0 Å². The number of carboxylic acids is 1. The number of aliphatic carboxylic acids is 1. The van der Waals surface area contributed by atoms with E-state index in [0.717, 1.165) is 38.0 Å². The fraction of sp³-hybridized carbons (Fsp3) is 0.619. The minimum absolute atomic E-state index is 0.0822. The number of hydrogen-bond donors (Lipinski definition) is 1.